The number of aryl methyl sites for hydroxylation is 1. The lowest BCUT2D eigenvalue weighted by Crippen LogP contribution is -2.30. The molecule has 1 amide bonds. The molecule has 34 heavy (non-hydrogen) atoms. The van der Waals surface area contributed by atoms with Gasteiger partial charge in [-0.2, -0.15) is 0 Å². The van der Waals surface area contributed by atoms with Crippen LogP contribution in [0.3, 0.4) is 0 Å². The van der Waals surface area contributed by atoms with E-state index in [1.807, 2.05) is 11.5 Å². The number of aromatic nitrogens is 3. The highest BCUT2D eigenvalue weighted by Gasteiger charge is 2.28. The molecule has 1 aliphatic rings. The molecule has 0 radical (unpaired) electrons. The van der Waals surface area contributed by atoms with Crippen LogP contribution in [0.4, 0.5) is 0 Å². The fraction of sp³-hybridized carbons (Fsp3) is 0.407. The van der Waals surface area contributed by atoms with Crippen molar-refractivity contribution >= 4 is 11.7 Å². The zero-order valence-electron chi connectivity index (χ0n) is 20.1. The van der Waals surface area contributed by atoms with Gasteiger partial charge in [0, 0.05) is 25.4 Å². The van der Waals surface area contributed by atoms with Gasteiger partial charge in [-0.25, -0.2) is 9.97 Å². The minimum absolute atomic E-state index is 0.0491. The summed E-state index contributed by atoms with van der Waals surface area (Å²) >= 11 is 0. The van der Waals surface area contributed by atoms with E-state index >= 15 is 0 Å². The standard InChI is InChI=1S/C27H32N4O3/c1-4-19(20-9-7-18(3)8-10-20)15-25(32)23-16-21(24-17-34-14-13-31(23)24)27(33)30-22(5-2)26-28-11-6-12-29-26/h6-12,16,19,22H,4-5,13-15,17H2,1-3H3,(H,30,33)/t19-,22+/m0/s1. The highest BCUT2D eigenvalue weighted by molar-refractivity contribution is 6.01. The molecule has 0 saturated carbocycles. The lowest BCUT2D eigenvalue weighted by atomic mass is 9.90. The van der Waals surface area contributed by atoms with Gasteiger partial charge in [0.25, 0.3) is 5.91 Å². The summed E-state index contributed by atoms with van der Waals surface area (Å²) in [5.41, 5.74) is 4.19. The number of amides is 1. The Morgan fingerprint density at radius 3 is 2.53 bits per heavy atom. The van der Waals surface area contributed by atoms with Crippen LogP contribution in [-0.4, -0.2) is 32.8 Å². The second kappa shape index (κ2) is 10.7. The van der Waals surface area contributed by atoms with E-state index in [1.54, 1.807) is 24.5 Å². The summed E-state index contributed by atoms with van der Waals surface area (Å²) in [6, 6.07) is 11.6. The molecule has 2 atom stereocenters. The van der Waals surface area contributed by atoms with Crippen molar-refractivity contribution in [3.63, 3.8) is 0 Å². The van der Waals surface area contributed by atoms with Gasteiger partial charge in [0.15, 0.2) is 5.78 Å². The predicted molar refractivity (Wildman–Crippen MR) is 130 cm³/mol. The topological polar surface area (TPSA) is 86.1 Å². The summed E-state index contributed by atoms with van der Waals surface area (Å²) in [4.78, 5) is 35.3. The van der Waals surface area contributed by atoms with Crippen molar-refractivity contribution in [2.24, 2.45) is 0 Å². The number of fused-ring (bicyclic) bond motifs is 1. The predicted octanol–water partition coefficient (Wildman–Crippen LogP) is 4.76. The zero-order valence-corrected chi connectivity index (χ0v) is 20.1. The van der Waals surface area contributed by atoms with Gasteiger partial charge in [0.1, 0.15) is 5.82 Å². The number of hydrogen-bond acceptors (Lipinski definition) is 5. The summed E-state index contributed by atoms with van der Waals surface area (Å²) in [6.45, 7) is 7.53. The smallest absolute Gasteiger partial charge is 0.253 e. The first-order chi connectivity index (χ1) is 16.5. The van der Waals surface area contributed by atoms with Crippen molar-refractivity contribution in [1.82, 2.24) is 19.9 Å². The molecule has 1 aromatic carbocycles. The quantitative estimate of drug-likeness (QED) is 0.465. The van der Waals surface area contributed by atoms with Gasteiger partial charge < -0.3 is 14.6 Å². The maximum absolute atomic E-state index is 13.4. The van der Waals surface area contributed by atoms with Crippen molar-refractivity contribution in [3.8, 4) is 0 Å². The molecule has 3 aromatic rings. The number of hydrogen-bond donors (Lipinski definition) is 1. The summed E-state index contributed by atoms with van der Waals surface area (Å²) in [7, 11) is 0. The molecule has 7 heteroatoms. The zero-order chi connectivity index (χ0) is 24.1. The van der Waals surface area contributed by atoms with Gasteiger partial charge in [-0.1, -0.05) is 43.7 Å². The second-order valence-corrected chi connectivity index (χ2v) is 8.78. The normalized spacial score (nSPS) is 14.8. The molecule has 0 fully saturated rings. The molecule has 1 aliphatic heterocycles. The van der Waals surface area contributed by atoms with Crippen molar-refractivity contribution in [2.75, 3.05) is 6.61 Å². The number of nitrogens with one attached hydrogen (secondary N) is 1. The molecule has 0 saturated heterocycles. The number of carbonyl (C=O) groups is 2. The number of ether oxygens (including phenoxy) is 1. The summed E-state index contributed by atoms with van der Waals surface area (Å²) in [6.07, 6.45) is 5.26. The Kier molecular flexibility index (Phi) is 7.53. The van der Waals surface area contributed by atoms with Gasteiger partial charge in [-0.3, -0.25) is 9.59 Å². The number of Topliss-reactive ketones (excluding diaryl/α,β-unsaturated/α-hetero) is 1. The third-order valence-electron chi connectivity index (χ3n) is 6.52. The Morgan fingerprint density at radius 2 is 1.85 bits per heavy atom. The van der Waals surface area contributed by atoms with Gasteiger partial charge in [0.2, 0.25) is 0 Å². The third-order valence-corrected chi connectivity index (χ3v) is 6.52. The summed E-state index contributed by atoms with van der Waals surface area (Å²) < 4.78 is 7.60. The fourth-order valence-electron chi connectivity index (χ4n) is 4.49. The molecule has 3 heterocycles. The molecule has 2 aromatic heterocycles. The van der Waals surface area contributed by atoms with E-state index in [1.165, 1.54) is 11.1 Å². The van der Waals surface area contributed by atoms with E-state index in [4.69, 9.17) is 4.74 Å². The molecular weight excluding hydrogens is 428 g/mol. The average molecular weight is 461 g/mol. The van der Waals surface area contributed by atoms with Crippen LogP contribution in [0, 0.1) is 6.92 Å². The first-order valence-electron chi connectivity index (χ1n) is 12.0. The minimum atomic E-state index is -0.307. The minimum Gasteiger partial charge on any atom is -0.373 e. The summed E-state index contributed by atoms with van der Waals surface area (Å²) in [5, 5.41) is 3.04. The monoisotopic (exact) mass is 460 g/mol. The number of carbonyl (C=O) groups excluding carboxylic acids is 2. The van der Waals surface area contributed by atoms with Crippen LogP contribution in [0.15, 0.2) is 48.8 Å². The number of benzene rings is 1. The van der Waals surface area contributed by atoms with Crippen LogP contribution < -0.4 is 5.32 Å². The third kappa shape index (κ3) is 5.09. The molecule has 178 valence electrons. The van der Waals surface area contributed by atoms with Crippen LogP contribution in [0.2, 0.25) is 0 Å². The lowest BCUT2D eigenvalue weighted by molar-refractivity contribution is 0.0780. The molecule has 0 bridgehead atoms. The Labute approximate surface area is 200 Å². The first-order valence-corrected chi connectivity index (χ1v) is 12.0. The summed E-state index contributed by atoms with van der Waals surface area (Å²) in [5.74, 6) is 0.519. The van der Waals surface area contributed by atoms with E-state index in [-0.39, 0.29) is 23.7 Å². The van der Waals surface area contributed by atoms with Crippen LogP contribution in [0.1, 0.15) is 88.6 Å². The number of ketones is 1. The van der Waals surface area contributed by atoms with Gasteiger partial charge in [-0.05, 0) is 43.4 Å². The van der Waals surface area contributed by atoms with Crippen LogP contribution in [0.25, 0.3) is 0 Å². The molecule has 0 spiro atoms. The highest BCUT2D eigenvalue weighted by Crippen LogP contribution is 2.28. The fourth-order valence-corrected chi connectivity index (χ4v) is 4.49. The van der Waals surface area contributed by atoms with Crippen molar-refractivity contribution in [3.05, 3.63) is 82.7 Å². The number of rotatable bonds is 9. The van der Waals surface area contributed by atoms with Crippen LogP contribution >= 0.6 is 0 Å². The lowest BCUT2D eigenvalue weighted by Gasteiger charge is -2.21. The SMILES string of the molecule is CC[C@@H](CC(=O)c1cc(C(=O)N[C@H](CC)c2ncccn2)c2n1CCOC2)c1ccc(C)cc1. The molecular formula is C27H32N4O3. The van der Waals surface area contributed by atoms with Gasteiger partial charge >= 0.3 is 0 Å². The van der Waals surface area contributed by atoms with E-state index in [0.717, 1.165) is 12.1 Å². The maximum atomic E-state index is 13.4. The van der Waals surface area contributed by atoms with Gasteiger partial charge in [0.05, 0.1) is 36.2 Å². The molecule has 1 N–H and O–H groups in total. The average Bonchev–Trinajstić information content (AvgIpc) is 3.27. The van der Waals surface area contributed by atoms with E-state index in [9.17, 15) is 9.59 Å². The van der Waals surface area contributed by atoms with E-state index < -0.39 is 0 Å². The molecule has 7 nitrogen and oxygen atoms in total. The Bertz CT molecular complexity index is 1140. The van der Waals surface area contributed by atoms with Crippen LogP contribution in [-0.2, 0) is 17.9 Å². The second-order valence-electron chi connectivity index (χ2n) is 8.78. The van der Waals surface area contributed by atoms with Gasteiger partial charge in [-0.15, -0.1) is 0 Å². The molecule has 0 aliphatic carbocycles. The molecule has 0 unspecified atom stereocenters. The maximum Gasteiger partial charge on any atom is 0.253 e. The largest absolute Gasteiger partial charge is 0.373 e. The Hall–Kier alpha value is -3.32. The van der Waals surface area contributed by atoms with Crippen LogP contribution in [0.5, 0.6) is 0 Å². The van der Waals surface area contributed by atoms with E-state index in [2.05, 4.69) is 53.4 Å². The highest BCUT2D eigenvalue weighted by atomic mass is 16.5. The number of nitrogens with zero attached hydrogens (tertiary/aromatic N) is 3. The van der Waals surface area contributed by atoms with E-state index in [0.29, 0.717) is 49.7 Å². The van der Waals surface area contributed by atoms with Crippen molar-refractivity contribution in [2.45, 2.75) is 65.1 Å². The first kappa shape index (κ1) is 23.8. The Balaban J connectivity index is 1.58. The molecule has 4 rings (SSSR count). The van der Waals surface area contributed by atoms with Crippen molar-refractivity contribution in [1.29, 1.82) is 0 Å². The van der Waals surface area contributed by atoms with Crippen molar-refractivity contribution < 1.29 is 14.3 Å². The Morgan fingerprint density at radius 1 is 1.12 bits per heavy atom.